The predicted octanol–water partition coefficient (Wildman–Crippen LogP) is 6.67. The van der Waals surface area contributed by atoms with Gasteiger partial charge >= 0.3 is 16.8 Å². The molecule has 3 unspecified atom stereocenters. The lowest BCUT2D eigenvalue weighted by Crippen LogP contribution is -2.52. The average Bonchev–Trinajstić information content (AvgIpc) is 3.34. The molecule has 0 spiro atoms. The van der Waals surface area contributed by atoms with Crippen LogP contribution in [0.25, 0.3) is 0 Å². The third-order valence-electron chi connectivity index (χ3n) is 7.34. The maximum absolute atomic E-state index is 14.1. The van der Waals surface area contributed by atoms with Crippen molar-refractivity contribution in [2.24, 2.45) is 0 Å². The normalized spacial score (nSPS) is 22.9. The zero-order chi connectivity index (χ0) is 32.6. The fourth-order valence-electron chi connectivity index (χ4n) is 5.23. The lowest BCUT2D eigenvalue weighted by molar-refractivity contribution is -0.158. The highest BCUT2D eigenvalue weighted by Gasteiger charge is 2.65. The van der Waals surface area contributed by atoms with E-state index in [0.29, 0.717) is 17.0 Å². The number of nitrogens with one attached hydrogen (secondary N) is 1. The summed E-state index contributed by atoms with van der Waals surface area (Å²) in [5.41, 5.74) is -0.505. The number of halogens is 9. The van der Waals surface area contributed by atoms with Gasteiger partial charge in [0.05, 0.1) is 12.6 Å². The fraction of sp³-hybridized carbons (Fsp3) is 0.462. The second kappa shape index (κ2) is 11.3. The highest BCUT2D eigenvalue weighted by Crippen LogP contribution is 3.02. The van der Waals surface area contributed by atoms with E-state index in [9.17, 15) is 51.8 Å². The summed E-state index contributed by atoms with van der Waals surface area (Å²) >= 11 is 0. The van der Waals surface area contributed by atoms with Gasteiger partial charge in [-0.3, -0.25) is 24.4 Å². The van der Waals surface area contributed by atoms with Crippen molar-refractivity contribution in [1.29, 1.82) is 5.26 Å². The molecule has 2 fully saturated rings. The Morgan fingerprint density at radius 2 is 1.73 bits per heavy atom. The lowest BCUT2D eigenvalue weighted by atomic mass is 9.91. The first-order chi connectivity index (χ1) is 20.3. The topological polar surface area (TPSA) is 98.6 Å². The second-order valence-electron chi connectivity index (χ2n) is 10.5. The van der Waals surface area contributed by atoms with Gasteiger partial charge in [-0.25, -0.2) is 8.78 Å². The molecular formula is C26H26F9N5O3S. The lowest BCUT2D eigenvalue weighted by Gasteiger charge is -2.41. The number of amides is 2. The second-order valence-corrected chi connectivity index (χ2v) is 12.9. The number of carbonyl (C=O) groups excluding carboxylic acids is 2. The van der Waals surface area contributed by atoms with E-state index in [2.05, 4.69) is 15.0 Å². The number of pyridine rings is 1. The maximum atomic E-state index is 14.1. The Kier molecular flexibility index (Phi) is 8.54. The Hall–Kier alpha value is -3.72. The predicted molar refractivity (Wildman–Crippen MR) is 139 cm³/mol. The molecule has 1 aliphatic heterocycles. The van der Waals surface area contributed by atoms with Gasteiger partial charge in [-0.2, -0.15) is 14.0 Å². The van der Waals surface area contributed by atoms with Gasteiger partial charge in [0.2, 0.25) is 11.8 Å². The SMILES string of the molecule is N#CN1CC(OC(F)F)CC1C(=O)N(c1ccc(S(F)(F)(F)(F)F)cc1)C(C(=O)NC1CCC(F)(F)CC1)c1cccnc1. The molecule has 1 saturated carbocycles. The molecule has 2 aromatic rings. The fourth-order valence-corrected chi connectivity index (χ4v) is 5.88. The van der Waals surface area contributed by atoms with E-state index >= 15 is 0 Å². The van der Waals surface area contributed by atoms with Crippen molar-refractivity contribution in [2.75, 3.05) is 11.4 Å². The van der Waals surface area contributed by atoms with Crippen LogP contribution in [-0.2, 0) is 14.3 Å². The van der Waals surface area contributed by atoms with Crippen molar-refractivity contribution in [1.82, 2.24) is 15.2 Å². The molecule has 0 bridgehead atoms. The van der Waals surface area contributed by atoms with Crippen LogP contribution in [0.3, 0.4) is 0 Å². The molecule has 4 rings (SSSR count). The molecule has 18 heteroatoms. The van der Waals surface area contributed by atoms with Crippen LogP contribution in [0.5, 0.6) is 0 Å². The first-order valence-electron chi connectivity index (χ1n) is 13.1. The largest absolute Gasteiger partial charge is 0.351 e. The van der Waals surface area contributed by atoms with E-state index < -0.39 is 95.2 Å². The van der Waals surface area contributed by atoms with Crippen LogP contribution in [0.15, 0.2) is 53.7 Å². The number of ether oxygens (including phenoxy) is 1. The van der Waals surface area contributed by atoms with E-state index in [1.807, 2.05) is 0 Å². The number of aromatic nitrogens is 1. The molecule has 242 valence electrons. The number of anilines is 1. The number of nitriles is 1. The number of hydrogen-bond acceptors (Lipinski definition) is 6. The quantitative estimate of drug-likeness (QED) is 0.239. The van der Waals surface area contributed by atoms with Gasteiger partial charge in [-0.1, -0.05) is 25.5 Å². The number of benzene rings is 1. The third kappa shape index (κ3) is 7.86. The van der Waals surface area contributed by atoms with Crippen LogP contribution < -0.4 is 10.2 Å². The number of nitrogens with zero attached hydrogens (tertiary/aromatic N) is 4. The maximum Gasteiger partial charge on any atom is 0.345 e. The summed E-state index contributed by atoms with van der Waals surface area (Å²) in [5, 5.41) is 12.2. The Balaban J connectivity index is 1.79. The zero-order valence-corrected chi connectivity index (χ0v) is 23.4. The average molecular weight is 660 g/mol. The van der Waals surface area contributed by atoms with E-state index in [4.69, 9.17) is 0 Å². The summed E-state index contributed by atoms with van der Waals surface area (Å²) in [5.74, 6) is -5.05. The van der Waals surface area contributed by atoms with Crippen LogP contribution in [0.2, 0.25) is 0 Å². The minimum atomic E-state index is -10.2. The van der Waals surface area contributed by atoms with Crippen LogP contribution in [-0.4, -0.2) is 59.0 Å². The van der Waals surface area contributed by atoms with E-state index in [1.54, 1.807) is 6.19 Å². The van der Waals surface area contributed by atoms with Crippen molar-refractivity contribution in [2.45, 2.75) is 73.8 Å². The summed E-state index contributed by atoms with van der Waals surface area (Å²) in [4.78, 5) is 30.9. The molecule has 0 radical (unpaired) electrons. The summed E-state index contributed by atoms with van der Waals surface area (Å²) < 4.78 is 125. The monoisotopic (exact) mass is 659 g/mol. The molecular weight excluding hydrogens is 633 g/mol. The summed E-state index contributed by atoms with van der Waals surface area (Å²) in [7, 11) is -10.2. The number of likely N-dealkylation sites (tertiary alicyclic amines) is 1. The van der Waals surface area contributed by atoms with E-state index in [0.717, 1.165) is 11.1 Å². The molecule has 1 aliphatic carbocycles. The molecule has 1 aromatic heterocycles. The van der Waals surface area contributed by atoms with Gasteiger partial charge in [-0.05, 0) is 43.2 Å². The third-order valence-corrected chi connectivity index (χ3v) is 8.50. The Morgan fingerprint density at radius 3 is 2.25 bits per heavy atom. The van der Waals surface area contributed by atoms with Gasteiger partial charge in [0.25, 0.3) is 5.91 Å². The standard InChI is InChI=1S/C26H26F9N5O3S/c27-25(28)43-19-12-21(39(14-19)15-36)24(42)40(18-3-5-20(6-4-18)44(31,32,33,34)35)22(16-2-1-11-37-13-16)23(41)38-17-7-9-26(29,30)10-8-17/h1-6,11,13,17,19,21-22,25H,7-10,12,14H2,(H,38,41). The van der Waals surface area contributed by atoms with Crippen LogP contribution in [0, 0.1) is 11.5 Å². The number of hydrogen-bond donors (Lipinski definition) is 1. The molecule has 1 aromatic carbocycles. The molecule has 1 N–H and O–H groups in total. The van der Waals surface area contributed by atoms with Crippen molar-refractivity contribution in [3.8, 4) is 6.19 Å². The van der Waals surface area contributed by atoms with Crippen LogP contribution in [0.4, 0.5) is 42.7 Å². The van der Waals surface area contributed by atoms with Crippen molar-refractivity contribution in [3.05, 3.63) is 54.4 Å². The van der Waals surface area contributed by atoms with Crippen molar-refractivity contribution >= 4 is 27.7 Å². The van der Waals surface area contributed by atoms with E-state index in [-0.39, 0.29) is 30.5 Å². The molecule has 2 aliphatic rings. The highest BCUT2D eigenvalue weighted by molar-refractivity contribution is 8.45. The minimum Gasteiger partial charge on any atom is -0.351 e. The Morgan fingerprint density at radius 1 is 1.09 bits per heavy atom. The highest BCUT2D eigenvalue weighted by atomic mass is 32.5. The smallest absolute Gasteiger partial charge is 0.345 e. The van der Waals surface area contributed by atoms with Gasteiger partial charge < -0.3 is 10.1 Å². The van der Waals surface area contributed by atoms with Gasteiger partial charge in [0.15, 0.2) is 6.19 Å². The first kappa shape index (κ1) is 33.2. The molecule has 3 atom stereocenters. The minimum absolute atomic E-state index is 0.0156. The summed E-state index contributed by atoms with van der Waals surface area (Å²) in [6.07, 6.45) is 0.931. The molecule has 2 amide bonds. The zero-order valence-electron chi connectivity index (χ0n) is 22.6. The molecule has 8 nitrogen and oxygen atoms in total. The van der Waals surface area contributed by atoms with Crippen LogP contribution in [0.1, 0.15) is 43.7 Å². The van der Waals surface area contributed by atoms with Gasteiger partial charge in [-0.15, -0.1) is 0 Å². The molecule has 2 heterocycles. The molecule has 44 heavy (non-hydrogen) atoms. The van der Waals surface area contributed by atoms with E-state index in [1.165, 1.54) is 18.3 Å². The van der Waals surface area contributed by atoms with Crippen molar-refractivity contribution in [3.63, 3.8) is 0 Å². The van der Waals surface area contributed by atoms with Gasteiger partial charge in [0.1, 0.15) is 17.0 Å². The summed E-state index contributed by atoms with van der Waals surface area (Å²) in [6.45, 7) is -3.73. The number of alkyl halides is 4. The Bertz CT molecular complexity index is 1400. The summed E-state index contributed by atoms with van der Waals surface area (Å²) in [6, 6.07) is -0.298. The van der Waals surface area contributed by atoms with Crippen LogP contribution >= 0.6 is 10.2 Å². The van der Waals surface area contributed by atoms with Gasteiger partial charge in [0, 0.05) is 48.9 Å². The van der Waals surface area contributed by atoms with Crippen molar-refractivity contribution < 1.29 is 51.3 Å². The first-order valence-corrected chi connectivity index (χ1v) is 15.1. The number of rotatable bonds is 9. The Labute approximate surface area is 245 Å². The number of carbonyl (C=O) groups is 2. The molecule has 1 saturated heterocycles.